The lowest BCUT2D eigenvalue weighted by molar-refractivity contribution is 0.0336. The number of hydrogen-bond donors (Lipinski definition) is 1. The predicted molar refractivity (Wildman–Crippen MR) is 63.1 cm³/mol. The number of carboxylic acid groups (broad SMARTS) is 1. The second-order valence-corrected chi connectivity index (χ2v) is 3.12. The molecule has 0 aliphatic rings. The van der Waals surface area contributed by atoms with Crippen molar-refractivity contribution in [2.45, 2.75) is 0 Å². The molecule has 90 valence electrons. The van der Waals surface area contributed by atoms with Crippen molar-refractivity contribution in [1.82, 2.24) is 0 Å². The summed E-state index contributed by atoms with van der Waals surface area (Å²) in [5.74, 6) is 2.73. The zero-order valence-corrected chi connectivity index (χ0v) is 9.42. The highest BCUT2D eigenvalue weighted by Gasteiger charge is 2.13. The van der Waals surface area contributed by atoms with Gasteiger partial charge in [0.2, 0.25) is 0 Å². The van der Waals surface area contributed by atoms with E-state index in [4.69, 9.17) is 21.0 Å². The number of terminal acetylenes is 1. The summed E-state index contributed by atoms with van der Waals surface area (Å²) in [7, 11) is 1.44. The van der Waals surface area contributed by atoms with Gasteiger partial charge in [-0.1, -0.05) is 18.1 Å². The second kappa shape index (κ2) is 6.40. The Morgan fingerprint density at radius 1 is 1.53 bits per heavy atom. The number of carbonyl (C=O) groups is 1. The molecule has 1 rings (SSSR count). The molecule has 0 saturated heterocycles. The molecule has 1 aromatic carbocycles. The Balaban J connectivity index is 2.71. The molecule has 1 aromatic rings. The molecule has 17 heavy (non-hydrogen) atoms. The van der Waals surface area contributed by atoms with Gasteiger partial charge in [0, 0.05) is 7.05 Å². The molecule has 1 amide bonds. The van der Waals surface area contributed by atoms with Gasteiger partial charge in [-0.25, -0.2) is 4.79 Å². The number of hydrogen-bond acceptors (Lipinski definition) is 3. The Morgan fingerprint density at radius 3 is 2.88 bits per heavy atom. The van der Waals surface area contributed by atoms with Crippen molar-refractivity contribution < 1.29 is 19.4 Å². The van der Waals surface area contributed by atoms with E-state index in [1.54, 1.807) is 24.3 Å². The summed E-state index contributed by atoms with van der Waals surface area (Å²) in [6, 6.07) is 6.78. The average molecular weight is 235 g/mol. The van der Waals surface area contributed by atoms with Gasteiger partial charge in [-0.05, 0) is 12.1 Å². The molecule has 0 unspecified atom stereocenters. The van der Waals surface area contributed by atoms with Crippen LogP contribution < -0.4 is 9.64 Å². The maximum absolute atomic E-state index is 10.8. The molecule has 0 aromatic heterocycles. The molecule has 0 aliphatic carbocycles. The van der Waals surface area contributed by atoms with Crippen molar-refractivity contribution in [3.05, 3.63) is 24.3 Å². The highest BCUT2D eigenvalue weighted by atomic mass is 16.7. The van der Waals surface area contributed by atoms with Crippen molar-refractivity contribution in [1.29, 1.82) is 0 Å². The van der Waals surface area contributed by atoms with E-state index in [1.165, 1.54) is 7.05 Å². The van der Waals surface area contributed by atoms with E-state index in [0.717, 1.165) is 4.90 Å². The number of para-hydroxylation sites is 2. The minimum atomic E-state index is -1.06. The molecule has 5 nitrogen and oxygen atoms in total. The maximum atomic E-state index is 10.8. The number of ether oxygens (including phenoxy) is 2. The fraction of sp³-hybridized carbons (Fsp3) is 0.250. The number of benzene rings is 1. The van der Waals surface area contributed by atoms with Crippen LogP contribution in [0.15, 0.2) is 24.3 Å². The summed E-state index contributed by atoms with van der Waals surface area (Å²) in [6.45, 7) is 0.131. The van der Waals surface area contributed by atoms with Gasteiger partial charge in [0.05, 0.1) is 5.69 Å². The topological polar surface area (TPSA) is 59.0 Å². The average Bonchev–Trinajstić information content (AvgIpc) is 2.34. The van der Waals surface area contributed by atoms with E-state index in [1.807, 2.05) is 0 Å². The molecule has 0 radical (unpaired) electrons. The quantitative estimate of drug-likeness (QED) is 0.480. The molecule has 5 heteroatoms. The molecule has 0 saturated carbocycles. The first-order valence-electron chi connectivity index (χ1n) is 4.86. The summed E-state index contributed by atoms with van der Waals surface area (Å²) in [5, 5.41) is 8.88. The first kappa shape index (κ1) is 12.9. The third-order valence-corrected chi connectivity index (χ3v) is 2.00. The normalized spacial score (nSPS) is 9.41. The Labute approximate surface area is 99.6 Å². The van der Waals surface area contributed by atoms with Crippen molar-refractivity contribution in [3.63, 3.8) is 0 Å². The lowest BCUT2D eigenvalue weighted by Crippen LogP contribution is -2.24. The third kappa shape index (κ3) is 3.70. The van der Waals surface area contributed by atoms with Gasteiger partial charge in [0.25, 0.3) is 0 Å². The number of amides is 1. The van der Waals surface area contributed by atoms with E-state index in [9.17, 15) is 4.79 Å². The van der Waals surface area contributed by atoms with Gasteiger partial charge in [-0.2, -0.15) is 0 Å². The van der Waals surface area contributed by atoms with Crippen LogP contribution in [0.25, 0.3) is 0 Å². The zero-order valence-electron chi connectivity index (χ0n) is 9.42. The summed E-state index contributed by atoms with van der Waals surface area (Å²) in [5.41, 5.74) is 0.448. The molecule has 0 heterocycles. The minimum Gasteiger partial charge on any atom is -0.465 e. The van der Waals surface area contributed by atoms with Gasteiger partial charge in [0.15, 0.2) is 6.79 Å². The fourth-order valence-corrected chi connectivity index (χ4v) is 1.17. The summed E-state index contributed by atoms with van der Waals surface area (Å²) in [4.78, 5) is 11.9. The van der Waals surface area contributed by atoms with Crippen LogP contribution in [-0.4, -0.2) is 31.6 Å². The zero-order chi connectivity index (χ0) is 12.7. The summed E-state index contributed by atoms with van der Waals surface area (Å²) < 4.78 is 10.2. The highest BCUT2D eigenvalue weighted by Crippen LogP contribution is 2.26. The summed E-state index contributed by atoms with van der Waals surface area (Å²) >= 11 is 0. The van der Waals surface area contributed by atoms with Crippen LogP contribution in [0.5, 0.6) is 5.75 Å². The summed E-state index contributed by atoms with van der Waals surface area (Å²) in [6.07, 6.45) is 3.95. The van der Waals surface area contributed by atoms with Gasteiger partial charge in [-0.15, -0.1) is 6.42 Å². The molecule has 1 N–H and O–H groups in total. The monoisotopic (exact) mass is 235 g/mol. The maximum Gasteiger partial charge on any atom is 0.411 e. The Bertz CT molecular complexity index is 425. The smallest absolute Gasteiger partial charge is 0.411 e. The lowest BCUT2D eigenvalue weighted by atomic mass is 10.3. The van der Waals surface area contributed by atoms with E-state index in [0.29, 0.717) is 11.4 Å². The standard InChI is InChI=1S/C12H13NO4/c1-3-8-16-9-17-11-7-5-4-6-10(11)13(2)12(14)15/h1,4-7H,8-9H2,2H3,(H,14,15). The predicted octanol–water partition coefficient (Wildman–Crippen LogP) is 1.79. The van der Waals surface area contributed by atoms with E-state index >= 15 is 0 Å². The van der Waals surface area contributed by atoms with Crippen LogP contribution in [0.3, 0.4) is 0 Å². The largest absolute Gasteiger partial charge is 0.465 e. The van der Waals surface area contributed by atoms with Gasteiger partial charge in [-0.3, -0.25) is 4.90 Å². The Kier molecular flexibility index (Phi) is 4.85. The Hall–Kier alpha value is -2.19. The van der Waals surface area contributed by atoms with E-state index in [2.05, 4.69) is 5.92 Å². The SMILES string of the molecule is C#CCOCOc1ccccc1N(C)C(=O)O. The first-order valence-corrected chi connectivity index (χ1v) is 4.86. The first-order chi connectivity index (χ1) is 8.16. The molecule has 0 spiro atoms. The van der Waals surface area contributed by atoms with Crippen LogP contribution in [0, 0.1) is 12.3 Å². The van der Waals surface area contributed by atoms with Crippen molar-refractivity contribution in [2.24, 2.45) is 0 Å². The van der Waals surface area contributed by atoms with Crippen LogP contribution in [0.1, 0.15) is 0 Å². The number of anilines is 1. The molecular formula is C12H13NO4. The van der Waals surface area contributed by atoms with Gasteiger partial charge in [0.1, 0.15) is 12.4 Å². The molecular weight excluding hydrogens is 222 g/mol. The van der Waals surface area contributed by atoms with Crippen LogP contribution >= 0.6 is 0 Å². The lowest BCUT2D eigenvalue weighted by Gasteiger charge is -2.17. The van der Waals surface area contributed by atoms with Crippen molar-refractivity contribution in [2.75, 3.05) is 25.3 Å². The number of rotatable bonds is 5. The van der Waals surface area contributed by atoms with Crippen molar-refractivity contribution >= 4 is 11.8 Å². The van der Waals surface area contributed by atoms with Crippen molar-refractivity contribution in [3.8, 4) is 18.1 Å². The van der Waals surface area contributed by atoms with Crippen LogP contribution in [0.2, 0.25) is 0 Å². The van der Waals surface area contributed by atoms with E-state index in [-0.39, 0.29) is 13.4 Å². The molecule has 0 fully saturated rings. The Morgan fingerprint density at radius 2 is 2.24 bits per heavy atom. The van der Waals surface area contributed by atoms with Gasteiger partial charge >= 0.3 is 6.09 Å². The highest BCUT2D eigenvalue weighted by molar-refractivity contribution is 5.87. The van der Waals surface area contributed by atoms with Gasteiger partial charge < -0.3 is 14.6 Å². The fourth-order valence-electron chi connectivity index (χ4n) is 1.17. The molecule has 0 aliphatic heterocycles. The third-order valence-electron chi connectivity index (χ3n) is 2.00. The van der Waals surface area contributed by atoms with E-state index < -0.39 is 6.09 Å². The molecule has 0 bridgehead atoms. The molecule has 0 atom stereocenters. The second-order valence-electron chi connectivity index (χ2n) is 3.12. The van der Waals surface area contributed by atoms with Crippen LogP contribution in [0.4, 0.5) is 10.5 Å². The van der Waals surface area contributed by atoms with Crippen LogP contribution in [-0.2, 0) is 4.74 Å². The number of nitrogens with zero attached hydrogens (tertiary/aromatic N) is 1. The minimum absolute atomic E-state index is 0.0192.